The van der Waals surface area contributed by atoms with Crippen molar-refractivity contribution in [2.24, 2.45) is 0 Å². The molecule has 0 bridgehead atoms. The molecular formula is C28H22N4S. The molecule has 2 aliphatic rings. The normalized spacial score (nSPS) is 13.4. The predicted octanol–water partition coefficient (Wildman–Crippen LogP) is 7.30. The van der Waals surface area contributed by atoms with Crippen LogP contribution >= 0.6 is 11.8 Å². The maximum Gasteiger partial charge on any atom is 0.0867 e. The molecule has 4 aromatic carbocycles. The third-order valence-corrected chi connectivity index (χ3v) is 6.67. The van der Waals surface area contributed by atoms with Crippen molar-refractivity contribution < 1.29 is 0 Å². The summed E-state index contributed by atoms with van der Waals surface area (Å²) in [7, 11) is 0. The summed E-state index contributed by atoms with van der Waals surface area (Å²) in [5, 5.41) is 15.0. The minimum atomic E-state index is 0.286. The highest BCUT2D eigenvalue weighted by Gasteiger charge is 2.25. The Kier molecular flexibility index (Phi) is 5.55. The molecule has 6 rings (SSSR count). The Bertz CT molecular complexity index is 1350. The molecule has 0 amide bonds. The van der Waals surface area contributed by atoms with Gasteiger partial charge in [0, 0.05) is 15.4 Å². The van der Waals surface area contributed by atoms with Gasteiger partial charge < -0.3 is 10.6 Å². The average molecular weight is 447 g/mol. The van der Waals surface area contributed by atoms with Gasteiger partial charge in [-0.25, -0.2) is 0 Å². The summed E-state index contributed by atoms with van der Waals surface area (Å²) in [5.41, 5.74) is 12.9. The second kappa shape index (κ2) is 8.81. The van der Waals surface area contributed by atoms with Crippen LogP contribution in [0.2, 0.25) is 0 Å². The fourth-order valence-electron chi connectivity index (χ4n) is 3.93. The Balaban J connectivity index is 0.000000162. The van der Waals surface area contributed by atoms with Gasteiger partial charge in [0.2, 0.25) is 0 Å². The Labute approximate surface area is 197 Å². The van der Waals surface area contributed by atoms with Crippen molar-refractivity contribution in [1.82, 2.24) is 0 Å². The molecule has 4 aromatic rings. The van der Waals surface area contributed by atoms with E-state index in [1.54, 1.807) is 17.8 Å². The summed E-state index contributed by atoms with van der Waals surface area (Å²) in [4.78, 5) is 4.75. The van der Waals surface area contributed by atoms with Crippen molar-refractivity contribution in [3.05, 3.63) is 114 Å². The van der Waals surface area contributed by atoms with Crippen molar-refractivity contribution in [1.29, 1.82) is 10.8 Å². The van der Waals surface area contributed by atoms with Crippen LogP contribution < -0.4 is 10.6 Å². The first-order chi connectivity index (χ1) is 16.1. The molecule has 0 spiro atoms. The second-order valence-electron chi connectivity index (χ2n) is 7.64. The van der Waals surface area contributed by atoms with Crippen LogP contribution in [0.25, 0.3) is 6.08 Å². The maximum absolute atomic E-state index is 7.60. The molecule has 4 N–H and O–H groups in total. The van der Waals surface area contributed by atoms with Gasteiger partial charge in [-0.2, -0.15) is 0 Å². The van der Waals surface area contributed by atoms with Gasteiger partial charge in [-0.3, -0.25) is 10.8 Å². The molecule has 0 radical (unpaired) electrons. The zero-order valence-corrected chi connectivity index (χ0v) is 18.6. The van der Waals surface area contributed by atoms with Gasteiger partial charge in [-0.1, -0.05) is 78.5 Å². The first kappa shape index (κ1) is 20.8. The van der Waals surface area contributed by atoms with Crippen LogP contribution in [0.15, 0.2) is 113 Å². The predicted molar refractivity (Wildman–Crippen MR) is 140 cm³/mol. The summed E-state index contributed by atoms with van der Waals surface area (Å²) in [6, 6.07) is 32.5. The van der Waals surface area contributed by atoms with E-state index >= 15 is 0 Å². The van der Waals surface area contributed by atoms with E-state index < -0.39 is 0 Å². The van der Waals surface area contributed by atoms with Crippen LogP contribution in [0.3, 0.4) is 0 Å². The van der Waals surface area contributed by atoms with Gasteiger partial charge in [0.05, 0.1) is 34.2 Å². The molecule has 0 saturated heterocycles. The highest BCUT2D eigenvalue weighted by atomic mass is 32.2. The van der Waals surface area contributed by atoms with Gasteiger partial charge in [0.15, 0.2) is 0 Å². The first-order valence-electron chi connectivity index (χ1n) is 10.6. The Morgan fingerprint density at radius 1 is 0.606 bits per heavy atom. The standard InChI is InChI=1S/C18H14N2S.C10H8N2/c19-13-7-1-2-8-14(13)20-15-9-3-5-11-17(15)21-18-12-6-4-10-16(18)20;11-9-6-5-7-3-1-2-4-8(7)10(9)12/h1-12H,19H2;1-6,11-12H. The number of para-hydroxylation sites is 4. The molecule has 5 heteroatoms. The fraction of sp³-hybridized carbons (Fsp3) is 0. The zero-order valence-electron chi connectivity index (χ0n) is 17.8. The monoisotopic (exact) mass is 446 g/mol. The van der Waals surface area contributed by atoms with Crippen molar-refractivity contribution in [2.75, 3.05) is 10.6 Å². The van der Waals surface area contributed by atoms with Gasteiger partial charge in [-0.15, -0.1) is 0 Å². The van der Waals surface area contributed by atoms with Gasteiger partial charge >= 0.3 is 0 Å². The van der Waals surface area contributed by atoms with Crippen LogP contribution in [0.4, 0.5) is 22.7 Å². The van der Waals surface area contributed by atoms with Gasteiger partial charge in [0.25, 0.3) is 0 Å². The van der Waals surface area contributed by atoms with Crippen molar-refractivity contribution in [3.8, 4) is 0 Å². The van der Waals surface area contributed by atoms with Crippen LogP contribution in [0.5, 0.6) is 0 Å². The van der Waals surface area contributed by atoms with E-state index in [1.807, 2.05) is 48.5 Å². The summed E-state index contributed by atoms with van der Waals surface area (Å²) in [6.45, 7) is 0. The molecule has 160 valence electrons. The van der Waals surface area contributed by atoms with Crippen LogP contribution in [-0.4, -0.2) is 11.4 Å². The number of allylic oxidation sites excluding steroid dienone is 1. The first-order valence-corrected chi connectivity index (χ1v) is 11.4. The number of nitrogens with zero attached hydrogens (tertiary/aromatic N) is 1. The molecule has 0 aromatic heterocycles. The highest BCUT2D eigenvalue weighted by molar-refractivity contribution is 7.99. The molecule has 1 aliphatic heterocycles. The van der Waals surface area contributed by atoms with E-state index in [-0.39, 0.29) is 5.71 Å². The fourth-order valence-corrected chi connectivity index (χ4v) is 4.98. The van der Waals surface area contributed by atoms with E-state index in [0.717, 1.165) is 22.5 Å². The topological polar surface area (TPSA) is 77.0 Å². The number of hydrogen-bond donors (Lipinski definition) is 3. The molecule has 4 nitrogen and oxygen atoms in total. The van der Waals surface area contributed by atoms with E-state index in [0.29, 0.717) is 5.71 Å². The Hall–Kier alpha value is -4.09. The molecule has 0 atom stereocenters. The van der Waals surface area contributed by atoms with Gasteiger partial charge in [0.1, 0.15) is 0 Å². The Morgan fingerprint density at radius 3 is 1.82 bits per heavy atom. The van der Waals surface area contributed by atoms with E-state index in [1.165, 1.54) is 21.2 Å². The summed E-state index contributed by atoms with van der Waals surface area (Å²) >= 11 is 1.80. The van der Waals surface area contributed by atoms with Crippen molar-refractivity contribution >= 4 is 52.0 Å². The van der Waals surface area contributed by atoms with Crippen LogP contribution in [0.1, 0.15) is 11.1 Å². The van der Waals surface area contributed by atoms with Crippen LogP contribution in [0, 0.1) is 10.8 Å². The number of nitrogens with two attached hydrogens (primary N) is 1. The largest absolute Gasteiger partial charge is 0.397 e. The smallest absolute Gasteiger partial charge is 0.0867 e. The van der Waals surface area contributed by atoms with Crippen LogP contribution in [-0.2, 0) is 0 Å². The third kappa shape index (κ3) is 3.95. The number of benzene rings is 4. The van der Waals surface area contributed by atoms with E-state index in [4.69, 9.17) is 16.6 Å². The SMILES string of the molecule is N=C1C=Cc2ccccc2C1=N.Nc1ccccc1N1c2ccccc2Sc2ccccc21. The number of nitrogen functional groups attached to an aromatic ring is 1. The maximum atomic E-state index is 7.60. The lowest BCUT2D eigenvalue weighted by molar-refractivity contribution is 1.17. The minimum Gasteiger partial charge on any atom is -0.397 e. The number of nitrogens with one attached hydrogen (secondary N) is 2. The number of anilines is 4. The number of rotatable bonds is 1. The number of hydrogen-bond acceptors (Lipinski definition) is 5. The average Bonchev–Trinajstić information content (AvgIpc) is 2.86. The quantitative estimate of drug-likeness (QED) is 0.236. The van der Waals surface area contributed by atoms with Gasteiger partial charge in [-0.05, 0) is 48.0 Å². The molecule has 0 saturated carbocycles. The highest BCUT2D eigenvalue weighted by Crippen LogP contribution is 2.51. The lowest BCUT2D eigenvalue weighted by Gasteiger charge is -2.33. The summed E-state index contributed by atoms with van der Waals surface area (Å²) < 4.78 is 0. The summed E-state index contributed by atoms with van der Waals surface area (Å²) in [6.07, 6.45) is 3.53. The summed E-state index contributed by atoms with van der Waals surface area (Å²) in [5.74, 6) is 0. The molecule has 1 aliphatic carbocycles. The van der Waals surface area contributed by atoms with Crippen molar-refractivity contribution in [3.63, 3.8) is 0 Å². The molecule has 0 unspecified atom stereocenters. The van der Waals surface area contributed by atoms with Crippen molar-refractivity contribution in [2.45, 2.75) is 9.79 Å². The Morgan fingerprint density at radius 2 is 1.15 bits per heavy atom. The lowest BCUT2D eigenvalue weighted by Crippen LogP contribution is -2.15. The minimum absolute atomic E-state index is 0.286. The molecule has 33 heavy (non-hydrogen) atoms. The van der Waals surface area contributed by atoms with E-state index in [9.17, 15) is 0 Å². The third-order valence-electron chi connectivity index (χ3n) is 5.54. The lowest BCUT2D eigenvalue weighted by atomic mass is 9.94. The second-order valence-corrected chi connectivity index (χ2v) is 8.72. The zero-order chi connectivity index (χ0) is 22.8. The number of fused-ring (bicyclic) bond motifs is 3. The molecular weight excluding hydrogens is 424 g/mol. The molecule has 1 heterocycles. The molecule has 0 fully saturated rings. The van der Waals surface area contributed by atoms with E-state index in [2.05, 4.69) is 59.5 Å².